The minimum absolute atomic E-state index is 0.140. The fourth-order valence-corrected chi connectivity index (χ4v) is 4.16. The van der Waals surface area contributed by atoms with Crippen LogP contribution in [0.15, 0.2) is 50.9 Å². The molecule has 0 atom stereocenters. The number of nitrogens with one attached hydrogen (secondary N) is 1. The third-order valence-electron chi connectivity index (χ3n) is 3.93. The zero-order valence-corrected chi connectivity index (χ0v) is 17.5. The van der Waals surface area contributed by atoms with Crippen molar-refractivity contribution >= 4 is 61.5 Å². The summed E-state index contributed by atoms with van der Waals surface area (Å²) < 4.78 is 6.56. The number of carbonyl (C=O) groups is 3. The Morgan fingerprint density at radius 2 is 1.63 bits per heavy atom. The molecule has 0 aromatic heterocycles. The van der Waals surface area contributed by atoms with E-state index in [4.69, 9.17) is 4.74 Å². The second kappa shape index (κ2) is 7.66. The fraction of sp³-hybridized carbons (Fsp3) is 0.105. The molecular weight excluding hydrogens is 480 g/mol. The van der Waals surface area contributed by atoms with Gasteiger partial charge in [0.1, 0.15) is 11.3 Å². The number of ether oxygens (including phenoxy) is 1. The molecule has 1 N–H and O–H groups in total. The van der Waals surface area contributed by atoms with Crippen LogP contribution in [0.1, 0.15) is 11.1 Å². The van der Waals surface area contributed by atoms with Crippen molar-refractivity contribution in [3.05, 3.63) is 62.0 Å². The maximum atomic E-state index is 12.9. The minimum atomic E-state index is -0.775. The highest BCUT2D eigenvalue weighted by molar-refractivity contribution is 9.11. The monoisotopic (exact) mass is 492 g/mol. The summed E-state index contributed by atoms with van der Waals surface area (Å²) in [5.74, 6) is -0.833. The van der Waals surface area contributed by atoms with E-state index in [-0.39, 0.29) is 5.57 Å². The number of methoxy groups -OCH3 is 1. The normalized spacial score (nSPS) is 15.9. The number of anilines is 1. The third kappa shape index (κ3) is 3.81. The van der Waals surface area contributed by atoms with E-state index in [1.165, 1.54) is 13.2 Å². The van der Waals surface area contributed by atoms with Gasteiger partial charge in [-0.15, -0.1) is 0 Å². The van der Waals surface area contributed by atoms with Gasteiger partial charge in [-0.25, -0.2) is 9.69 Å². The summed E-state index contributed by atoms with van der Waals surface area (Å²) >= 11 is 6.77. The first-order valence-electron chi connectivity index (χ1n) is 7.83. The Morgan fingerprint density at radius 1 is 1.04 bits per heavy atom. The topological polar surface area (TPSA) is 75.7 Å². The van der Waals surface area contributed by atoms with Gasteiger partial charge in [-0.05, 0) is 74.7 Å². The molecule has 138 valence electrons. The fourth-order valence-electron chi connectivity index (χ4n) is 2.61. The number of nitrogens with zero attached hydrogens (tertiary/aromatic N) is 1. The van der Waals surface area contributed by atoms with Crippen LogP contribution in [0, 0.1) is 6.92 Å². The summed E-state index contributed by atoms with van der Waals surface area (Å²) in [6.45, 7) is 1.90. The number of urea groups is 1. The molecule has 1 saturated heterocycles. The molecule has 0 aliphatic carbocycles. The van der Waals surface area contributed by atoms with Crippen LogP contribution in [-0.2, 0) is 9.59 Å². The van der Waals surface area contributed by atoms with Gasteiger partial charge in [0.05, 0.1) is 21.7 Å². The molecule has 0 saturated carbocycles. The van der Waals surface area contributed by atoms with Crippen molar-refractivity contribution in [2.75, 3.05) is 12.0 Å². The molecule has 0 bridgehead atoms. The smallest absolute Gasteiger partial charge is 0.335 e. The molecule has 4 amide bonds. The average molecular weight is 494 g/mol. The second-order valence-electron chi connectivity index (χ2n) is 5.81. The molecule has 2 aromatic rings. The highest BCUT2D eigenvalue weighted by atomic mass is 79.9. The third-order valence-corrected chi connectivity index (χ3v) is 5.11. The van der Waals surface area contributed by atoms with Gasteiger partial charge < -0.3 is 4.74 Å². The SMILES string of the molecule is COc1c(Br)cc(C=C2C(=O)NC(=O)N(c3ccc(C)cc3)C2=O)cc1Br. The maximum absolute atomic E-state index is 12.9. The number of imide groups is 2. The minimum Gasteiger partial charge on any atom is -0.494 e. The van der Waals surface area contributed by atoms with Crippen LogP contribution in [0.3, 0.4) is 0 Å². The average Bonchev–Trinajstić information content (AvgIpc) is 2.60. The molecule has 0 radical (unpaired) electrons. The van der Waals surface area contributed by atoms with Crippen molar-refractivity contribution in [2.24, 2.45) is 0 Å². The van der Waals surface area contributed by atoms with Crippen LogP contribution in [-0.4, -0.2) is 25.0 Å². The Hall–Kier alpha value is -2.45. The summed E-state index contributed by atoms with van der Waals surface area (Å²) in [7, 11) is 1.53. The Balaban J connectivity index is 2.03. The quantitative estimate of drug-likeness (QED) is 0.513. The summed E-state index contributed by atoms with van der Waals surface area (Å²) in [5.41, 5.74) is 1.83. The molecule has 6 nitrogen and oxygen atoms in total. The van der Waals surface area contributed by atoms with Gasteiger partial charge in [-0.3, -0.25) is 14.9 Å². The highest BCUT2D eigenvalue weighted by Crippen LogP contribution is 2.35. The van der Waals surface area contributed by atoms with E-state index in [1.807, 2.05) is 6.92 Å². The first-order chi connectivity index (χ1) is 12.8. The number of amides is 4. The van der Waals surface area contributed by atoms with E-state index >= 15 is 0 Å². The largest absolute Gasteiger partial charge is 0.494 e. The molecule has 1 fully saturated rings. The van der Waals surface area contributed by atoms with Crippen LogP contribution in [0.4, 0.5) is 10.5 Å². The van der Waals surface area contributed by atoms with Gasteiger partial charge in [-0.2, -0.15) is 0 Å². The molecule has 27 heavy (non-hydrogen) atoms. The van der Waals surface area contributed by atoms with Crippen molar-refractivity contribution in [1.29, 1.82) is 0 Å². The summed E-state index contributed by atoms with van der Waals surface area (Å²) in [4.78, 5) is 38.3. The highest BCUT2D eigenvalue weighted by Gasteiger charge is 2.36. The number of benzene rings is 2. The summed E-state index contributed by atoms with van der Waals surface area (Å²) in [6, 6.07) is 9.53. The number of rotatable bonds is 3. The van der Waals surface area contributed by atoms with E-state index in [2.05, 4.69) is 37.2 Å². The number of hydrogen-bond acceptors (Lipinski definition) is 4. The van der Waals surface area contributed by atoms with E-state index in [0.717, 1.165) is 10.5 Å². The second-order valence-corrected chi connectivity index (χ2v) is 7.52. The van der Waals surface area contributed by atoms with E-state index < -0.39 is 17.8 Å². The lowest BCUT2D eigenvalue weighted by molar-refractivity contribution is -0.122. The van der Waals surface area contributed by atoms with E-state index in [1.54, 1.807) is 36.4 Å². The predicted octanol–water partition coefficient (Wildman–Crippen LogP) is 4.20. The first kappa shape index (κ1) is 19.3. The van der Waals surface area contributed by atoms with E-state index in [0.29, 0.717) is 25.9 Å². The molecule has 2 aromatic carbocycles. The lowest BCUT2D eigenvalue weighted by Gasteiger charge is -2.26. The van der Waals surface area contributed by atoms with Gasteiger partial charge in [0, 0.05) is 0 Å². The van der Waals surface area contributed by atoms with Crippen molar-refractivity contribution in [3.8, 4) is 5.75 Å². The van der Waals surface area contributed by atoms with E-state index in [9.17, 15) is 14.4 Å². The van der Waals surface area contributed by atoms with Crippen LogP contribution in [0.25, 0.3) is 6.08 Å². The molecule has 3 rings (SSSR count). The lowest BCUT2D eigenvalue weighted by Crippen LogP contribution is -2.54. The van der Waals surface area contributed by atoms with Crippen molar-refractivity contribution in [3.63, 3.8) is 0 Å². The summed E-state index contributed by atoms with van der Waals surface area (Å²) in [5, 5.41) is 2.21. The van der Waals surface area contributed by atoms with Gasteiger partial charge in [0.25, 0.3) is 11.8 Å². The Morgan fingerprint density at radius 3 is 2.19 bits per heavy atom. The predicted molar refractivity (Wildman–Crippen MR) is 109 cm³/mol. The molecular formula is C19H14Br2N2O4. The first-order valence-corrected chi connectivity index (χ1v) is 9.41. The Bertz CT molecular complexity index is 961. The Labute approximate surface area is 172 Å². The van der Waals surface area contributed by atoms with Crippen molar-refractivity contribution in [2.45, 2.75) is 6.92 Å². The number of carbonyl (C=O) groups excluding carboxylic acids is 3. The van der Waals surface area contributed by atoms with Gasteiger partial charge in [0.15, 0.2) is 0 Å². The number of halogens is 2. The molecule has 8 heteroatoms. The standard InChI is InChI=1S/C19H14Br2N2O4/c1-10-3-5-12(6-4-10)23-18(25)13(17(24)22-19(23)26)7-11-8-14(20)16(27-2)15(21)9-11/h3-9H,1-2H3,(H,22,24,26). The molecule has 1 aliphatic rings. The van der Waals surface area contributed by atoms with Crippen LogP contribution >= 0.6 is 31.9 Å². The Kier molecular flexibility index (Phi) is 5.48. The molecule has 1 heterocycles. The van der Waals surface area contributed by atoms with Crippen LogP contribution in [0.2, 0.25) is 0 Å². The van der Waals surface area contributed by atoms with Crippen LogP contribution < -0.4 is 15.0 Å². The number of barbiturate groups is 1. The number of aryl methyl sites for hydroxylation is 1. The van der Waals surface area contributed by atoms with Crippen LogP contribution in [0.5, 0.6) is 5.75 Å². The van der Waals surface area contributed by atoms with Gasteiger partial charge >= 0.3 is 6.03 Å². The van der Waals surface area contributed by atoms with Gasteiger partial charge in [-0.1, -0.05) is 17.7 Å². The molecule has 1 aliphatic heterocycles. The lowest BCUT2D eigenvalue weighted by atomic mass is 10.1. The summed E-state index contributed by atoms with van der Waals surface area (Å²) in [6.07, 6.45) is 1.43. The number of hydrogen-bond donors (Lipinski definition) is 1. The van der Waals surface area contributed by atoms with Crippen molar-refractivity contribution < 1.29 is 19.1 Å². The zero-order chi connectivity index (χ0) is 19.7. The maximum Gasteiger partial charge on any atom is 0.335 e. The van der Waals surface area contributed by atoms with Gasteiger partial charge in [0.2, 0.25) is 0 Å². The zero-order valence-electron chi connectivity index (χ0n) is 14.4. The molecule has 0 spiro atoms. The van der Waals surface area contributed by atoms with Crippen molar-refractivity contribution in [1.82, 2.24) is 5.32 Å². The molecule has 0 unspecified atom stereocenters.